The highest BCUT2D eigenvalue weighted by Crippen LogP contribution is 2.33. The molecule has 0 N–H and O–H groups in total. The molecule has 142 valence electrons. The van der Waals surface area contributed by atoms with Crippen LogP contribution in [0.5, 0.6) is 0 Å². The molecule has 0 spiro atoms. The van der Waals surface area contributed by atoms with Gasteiger partial charge in [0.25, 0.3) is 0 Å². The summed E-state index contributed by atoms with van der Waals surface area (Å²) >= 11 is 0. The lowest BCUT2D eigenvalue weighted by atomic mass is 10.1. The minimum Gasteiger partial charge on any atom is -0.334 e. The Hall–Kier alpha value is -3.09. The summed E-state index contributed by atoms with van der Waals surface area (Å²) in [5.41, 5.74) is 1.37. The van der Waals surface area contributed by atoms with E-state index in [1.54, 1.807) is 30.6 Å². The van der Waals surface area contributed by atoms with Gasteiger partial charge in [-0.25, -0.2) is 4.39 Å². The highest BCUT2D eigenvalue weighted by Gasteiger charge is 2.41. The molecule has 0 radical (unpaired) electrons. The van der Waals surface area contributed by atoms with Gasteiger partial charge in [0.05, 0.1) is 12.5 Å². The lowest BCUT2D eigenvalue weighted by Crippen LogP contribution is -2.43. The molecule has 2 unspecified atom stereocenters. The van der Waals surface area contributed by atoms with E-state index in [-0.39, 0.29) is 30.2 Å². The van der Waals surface area contributed by atoms with Crippen LogP contribution in [-0.4, -0.2) is 42.6 Å². The van der Waals surface area contributed by atoms with Gasteiger partial charge in [0, 0.05) is 37.0 Å². The molecule has 1 aromatic carbocycles. The molecule has 2 bridgehead atoms. The fourth-order valence-electron chi connectivity index (χ4n) is 4.45. The van der Waals surface area contributed by atoms with Crippen LogP contribution in [-0.2, 0) is 24.2 Å². The summed E-state index contributed by atoms with van der Waals surface area (Å²) in [6.07, 6.45) is 6.17. The molecule has 2 aliphatic rings. The van der Waals surface area contributed by atoms with E-state index in [4.69, 9.17) is 0 Å². The normalized spacial score (nSPS) is 20.7. The molecule has 2 aliphatic heterocycles. The van der Waals surface area contributed by atoms with Crippen molar-refractivity contribution in [1.82, 2.24) is 24.6 Å². The van der Waals surface area contributed by atoms with Crippen LogP contribution < -0.4 is 0 Å². The maximum Gasteiger partial charge on any atom is 0.227 e. The van der Waals surface area contributed by atoms with Gasteiger partial charge in [-0.05, 0) is 36.6 Å². The largest absolute Gasteiger partial charge is 0.334 e. The Morgan fingerprint density at radius 2 is 1.96 bits per heavy atom. The lowest BCUT2D eigenvalue weighted by molar-refractivity contribution is -0.133. The van der Waals surface area contributed by atoms with Gasteiger partial charge in [0.15, 0.2) is 5.82 Å². The molecular formula is C21H20FN5O. The predicted molar refractivity (Wildman–Crippen MR) is 101 cm³/mol. The Labute approximate surface area is 162 Å². The van der Waals surface area contributed by atoms with Gasteiger partial charge in [0.2, 0.25) is 5.91 Å². The predicted octanol–water partition coefficient (Wildman–Crippen LogP) is 2.64. The minimum atomic E-state index is -0.325. The van der Waals surface area contributed by atoms with E-state index in [0.717, 1.165) is 30.1 Å². The van der Waals surface area contributed by atoms with Crippen LogP contribution >= 0.6 is 0 Å². The topological polar surface area (TPSA) is 63.9 Å². The van der Waals surface area contributed by atoms with Gasteiger partial charge < -0.3 is 9.47 Å². The Kier molecular flexibility index (Phi) is 4.15. The number of fused-ring (bicyclic) bond motifs is 3. The van der Waals surface area contributed by atoms with Crippen LogP contribution in [0.25, 0.3) is 11.4 Å². The quantitative estimate of drug-likeness (QED) is 0.704. The van der Waals surface area contributed by atoms with E-state index in [1.807, 2.05) is 17.0 Å². The van der Waals surface area contributed by atoms with Crippen molar-refractivity contribution < 1.29 is 9.18 Å². The Bertz CT molecular complexity index is 1020. The third-order valence-corrected chi connectivity index (χ3v) is 5.77. The standard InChI is InChI=1S/C21H20FN5O/c22-18-6-2-1-4-14(18)10-20(28)27-16-7-8-17(27)13-26-19(11-16)24-25-21(26)15-5-3-9-23-12-15/h1-6,9,12,16-17H,7-8,10-11,13H2. The number of carbonyl (C=O) groups is 1. The number of carbonyl (C=O) groups excluding carboxylic acids is 1. The first-order valence-corrected chi connectivity index (χ1v) is 9.58. The van der Waals surface area contributed by atoms with E-state index >= 15 is 0 Å². The number of benzene rings is 1. The van der Waals surface area contributed by atoms with Crippen molar-refractivity contribution in [1.29, 1.82) is 0 Å². The average Bonchev–Trinajstić information content (AvgIpc) is 3.24. The number of pyridine rings is 1. The van der Waals surface area contributed by atoms with Crippen LogP contribution in [0, 0.1) is 5.82 Å². The van der Waals surface area contributed by atoms with Crippen molar-refractivity contribution in [3.63, 3.8) is 0 Å². The second-order valence-electron chi connectivity index (χ2n) is 7.45. The zero-order valence-corrected chi connectivity index (χ0v) is 15.3. The van der Waals surface area contributed by atoms with Gasteiger partial charge in [-0.1, -0.05) is 18.2 Å². The highest BCUT2D eigenvalue weighted by atomic mass is 19.1. The summed E-state index contributed by atoms with van der Waals surface area (Å²) < 4.78 is 16.1. The van der Waals surface area contributed by atoms with Gasteiger partial charge >= 0.3 is 0 Å². The first-order chi connectivity index (χ1) is 13.7. The van der Waals surface area contributed by atoms with Crippen molar-refractivity contribution in [2.75, 3.05) is 0 Å². The van der Waals surface area contributed by atoms with E-state index in [1.165, 1.54) is 6.07 Å². The van der Waals surface area contributed by atoms with Gasteiger partial charge in [-0.3, -0.25) is 9.78 Å². The number of nitrogens with zero attached hydrogens (tertiary/aromatic N) is 5. The van der Waals surface area contributed by atoms with Crippen molar-refractivity contribution in [3.05, 3.63) is 66.0 Å². The number of hydrogen-bond acceptors (Lipinski definition) is 4. The summed E-state index contributed by atoms with van der Waals surface area (Å²) in [5.74, 6) is 1.35. The zero-order valence-electron chi connectivity index (χ0n) is 15.3. The Balaban J connectivity index is 1.43. The van der Waals surface area contributed by atoms with Crippen LogP contribution in [0.1, 0.15) is 24.2 Å². The summed E-state index contributed by atoms with van der Waals surface area (Å²) in [6, 6.07) is 10.5. The van der Waals surface area contributed by atoms with Gasteiger partial charge in [-0.15, -0.1) is 10.2 Å². The summed E-state index contributed by atoms with van der Waals surface area (Å²) in [4.78, 5) is 19.2. The molecule has 28 heavy (non-hydrogen) atoms. The number of rotatable bonds is 3. The number of aromatic nitrogens is 4. The summed E-state index contributed by atoms with van der Waals surface area (Å²) in [7, 11) is 0. The van der Waals surface area contributed by atoms with E-state index in [9.17, 15) is 9.18 Å². The molecule has 0 aliphatic carbocycles. The van der Waals surface area contributed by atoms with Crippen molar-refractivity contribution in [2.24, 2.45) is 0 Å². The second-order valence-corrected chi connectivity index (χ2v) is 7.45. The minimum absolute atomic E-state index is 0.0146. The van der Waals surface area contributed by atoms with Gasteiger partial charge in [0.1, 0.15) is 11.6 Å². The van der Waals surface area contributed by atoms with E-state index < -0.39 is 0 Å². The molecule has 1 saturated heterocycles. The fourth-order valence-corrected chi connectivity index (χ4v) is 4.45. The average molecular weight is 377 g/mol. The SMILES string of the molecule is O=C(Cc1ccccc1F)N1C2CCC1Cn1c(nnc1-c1cccnc1)C2. The molecular weight excluding hydrogens is 357 g/mol. The van der Waals surface area contributed by atoms with Crippen molar-refractivity contribution in [3.8, 4) is 11.4 Å². The molecule has 2 aromatic heterocycles. The maximum absolute atomic E-state index is 14.0. The third kappa shape index (κ3) is 2.87. The Morgan fingerprint density at radius 1 is 1.11 bits per heavy atom. The van der Waals surface area contributed by atoms with E-state index in [0.29, 0.717) is 18.5 Å². The monoisotopic (exact) mass is 377 g/mol. The number of halogens is 1. The summed E-state index contributed by atoms with van der Waals surface area (Å²) in [6.45, 7) is 0.659. The van der Waals surface area contributed by atoms with E-state index in [2.05, 4.69) is 19.7 Å². The third-order valence-electron chi connectivity index (χ3n) is 5.77. The summed E-state index contributed by atoms with van der Waals surface area (Å²) in [5, 5.41) is 8.77. The zero-order chi connectivity index (χ0) is 19.1. The highest BCUT2D eigenvalue weighted by molar-refractivity contribution is 5.80. The van der Waals surface area contributed by atoms with Crippen LogP contribution in [0.3, 0.4) is 0 Å². The first kappa shape index (κ1) is 17.0. The second kappa shape index (κ2) is 6.82. The molecule has 2 atom stereocenters. The molecule has 3 aromatic rings. The smallest absolute Gasteiger partial charge is 0.227 e. The van der Waals surface area contributed by atoms with Crippen LogP contribution in [0.4, 0.5) is 4.39 Å². The molecule has 5 rings (SSSR count). The molecule has 6 nitrogen and oxygen atoms in total. The van der Waals surface area contributed by atoms with Crippen LogP contribution in [0.2, 0.25) is 0 Å². The lowest BCUT2D eigenvalue weighted by Gasteiger charge is -2.28. The maximum atomic E-state index is 14.0. The molecule has 1 fully saturated rings. The molecule has 1 amide bonds. The Morgan fingerprint density at radius 3 is 2.79 bits per heavy atom. The number of hydrogen-bond donors (Lipinski definition) is 0. The molecule has 7 heteroatoms. The molecule has 0 saturated carbocycles. The van der Waals surface area contributed by atoms with Crippen LogP contribution in [0.15, 0.2) is 48.8 Å². The van der Waals surface area contributed by atoms with Gasteiger partial charge in [-0.2, -0.15) is 0 Å². The fraction of sp³-hybridized carbons (Fsp3) is 0.333. The molecule has 4 heterocycles. The van der Waals surface area contributed by atoms with Crippen molar-refractivity contribution >= 4 is 5.91 Å². The van der Waals surface area contributed by atoms with Crippen molar-refractivity contribution in [2.45, 2.75) is 44.3 Å². The number of amides is 1. The first-order valence-electron chi connectivity index (χ1n) is 9.58.